The predicted octanol–water partition coefficient (Wildman–Crippen LogP) is 1.27. The smallest absolute Gasteiger partial charge is 0.262 e. The van der Waals surface area contributed by atoms with Gasteiger partial charge >= 0.3 is 0 Å². The number of hydrogen-bond acceptors (Lipinski definition) is 4. The molecule has 1 aromatic carbocycles. The van der Waals surface area contributed by atoms with Gasteiger partial charge in [-0.3, -0.25) is 4.79 Å². The lowest BCUT2D eigenvalue weighted by atomic mass is 10.3. The Labute approximate surface area is 99.9 Å². The highest BCUT2D eigenvalue weighted by Crippen LogP contribution is 2.35. The molecule has 0 aromatic heterocycles. The molecule has 5 nitrogen and oxygen atoms in total. The molecule has 0 N–H and O–H groups in total. The molecule has 1 aromatic rings. The Morgan fingerprint density at radius 1 is 1.35 bits per heavy atom. The van der Waals surface area contributed by atoms with Crippen LogP contribution in [0.5, 0.6) is 17.2 Å². The second kappa shape index (κ2) is 4.53. The van der Waals surface area contributed by atoms with Gasteiger partial charge in [-0.25, -0.2) is 0 Å². The molecule has 17 heavy (non-hydrogen) atoms. The van der Waals surface area contributed by atoms with Gasteiger partial charge in [0, 0.05) is 20.2 Å². The number of amides is 1. The number of likely N-dealkylation sites (N-methyl/N-ethyl adjacent to an activating group) is 1. The third-order valence-electron chi connectivity index (χ3n) is 2.45. The molecule has 1 aliphatic rings. The number of hydrogen-bond donors (Lipinski definition) is 0. The highest BCUT2D eigenvalue weighted by atomic mass is 16.7. The minimum Gasteiger partial charge on any atom is -0.481 e. The molecule has 2 rings (SSSR count). The largest absolute Gasteiger partial charge is 0.481 e. The second-order valence-electron chi connectivity index (χ2n) is 4.01. The highest BCUT2D eigenvalue weighted by Gasteiger charge is 2.19. The molecule has 0 spiro atoms. The van der Waals surface area contributed by atoms with Crippen LogP contribution in [0.3, 0.4) is 0 Å². The van der Waals surface area contributed by atoms with Crippen molar-refractivity contribution in [2.75, 3.05) is 20.9 Å². The molecule has 1 heterocycles. The molecule has 5 heteroatoms. The maximum absolute atomic E-state index is 11.6. The van der Waals surface area contributed by atoms with E-state index < -0.39 is 6.10 Å². The quantitative estimate of drug-likeness (QED) is 0.794. The van der Waals surface area contributed by atoms with E-state index in [1.54, 1.807) is 39.2 Å². The Hall–Kier alpha value is -1.91. The van der Waals surface area contributed by atoms with Crippen molar-refractivity contribution in [1.29, 1.82) is 0 Å². The second-order valence-corrected chi connectivity index (χ2v) is 4.01. The highest BCUT2D eigenvalue weighted by molar-refractivity contribution is 5.80. The number of fused-ring (bicyclic) bond motifs is 1. The van der Waals surface area contributed by atoms with Gasteiger partial charge in [0.15, 0.2) is 17.6 Å². The number of benzene rings is 1. The lowest BCUT2D eigenvalue weighted by Gasteiger charge is -2.18. The summed E-state index contributed by atoms with van der Waals surface area (Å²) in [6.07, 6.45) is -0.523. The van der Waals surface area contributed by atoms with E-state index in [-0.39, 0.29) is 12.7 Å². The van der Waals surface area contributed by atoms with E-state index in [4.69, 9.17) is 14.2 Å². The standard InChI is InChI=1S/C12H15NO4/c1-8(12(14)13(2)3)17-9-4-5-10-11(6-9)16-7-15-10/h4-6,8H,7H2,1-3H3. The number of rotatable bonds is 3. The molecular weight excluding hydrogens is 222 g/mol. The van der Waals surface area contributed by atoms with Crippen LogP contribution in [0, 0.1) is 0 Å². The van der Waals surface area contributed by atoms with Crippen molar-refractivity contribution in [3.05, 3.63) is 18.2 Å². The van der Waals surface area contributed by atoms with Crippen LogP contribution >= 0.6 is 0 Å². The number of carbonyl (C=O) groups is 1. The van der Waals surface area contributed by atoms with Crippen LogP contribution in [0.1, 0.15) is 6.92 Å². The van der Waals surface area contributed by atoms with Gasteiger partial charge in [-0.1, -0.05) is 0 Å². The zero-order valence-corrected chi connectivity index (χ0v) is 10.1. The van der Waals surface area contributed by atoms with Crippen LogP contribution < -0.4 is 14.2 Å². The van der Waals surface area contributed by atoms with E-state index in [1.807, 2.05) is 0 Å². The summed E-state index contributed by atoms with van der Waals surface area (Å²) in [5.41, 5.74) is 0. The lowest BCUT2D eigenvalue weighted by Crippen LogP contribution is -2.35. The van der Waals surface area contributed by atoms with Gasteiger partial charge in [-0.05, 0) is 19.1 Å². The van der Waals surface area contributed by atoms with Crippen molar-refractivity contribution in [2.24, 2.45) is 0 Å². The molecular formula is C12H15NO4. The van der Waals surface area contributed by atoms with Crippen LogP contribution in [0.4, 0.5) is 0 Å². The van der Waals surface area contributed by atoms with Crippen molar-refractivity contribution in [3.63, 3.8) is 0 Å². The number of carbonyl (C=O) groups excluding carboxylic acids is 1. The minimum absolute atomic E-state index is 0.0809. The average molecular weight is 237 g/mol. The summed E-state index contributed by atoms with van der Waals surface area (Å²) in [5.74, 6) is 1.86. The fourth-order valence-corrected chi connectivity index (χ4v) is 1.57. The zero-order chi connectivity index (χ0) is 12.4. The molecule has 0 aliphatic carbocycles. The number of ether oxygens (including phenoxy) is 3. The van der Waals surface area contributed by atoms with Crippen LogP contribution in [0.25, 0.3) is 0 Å². The Morgan fingerprint density at radius 3 is 2.76 bits per heavy atom. The maximum Gasteiger partial charge on any atom is 0.262 e. The van der Waals surface area contributed by atoms with Gasteiger partial charge in [0.25, 0.3) is 5.91 Å². The summed E-state index contributed by atoms with van der Waals surface area (Å²) in [4.78, 5) is 13.1. The molecule has 1 atom stereocenters. The molecule has 0 bridgehead atoms. The van der Waals surface area contributed by atoms with Gasteiger partial charge in [0.05, 0.1) is 0 Å². The van der Waals surface area contributed by atoms with Gasteiger partial charge < -0.3 is 19.1 Å². The average Bonchev–Trinajstić information content (AvgIpc) is 2.74. The fourth-order valence-electron chi connectivity index (χ4n) is 1.57. The van der Waals surface area contributed by atoms with Crippen molar-refractivity contribution in [3.8, 4) is 17.2 Å². The monoisotopic (exact) mass is 237 g/mol. The van der Waals surface area contributed by atoms with Crippen LogP contribution in [-0.4, -0.2) is 37.8 Å². The Kier molecular flexibility index (Phi) is 3.08. The Bertz CT molecular complexity index is 431. The molecule has 0 saturated carbocycles. The topological polar surface area (TPSA) is 48.0 Å². The first kappa shape index (κ1) is 11.6. The van der Waals surface area contributed by atoms with Crippen LogP contribution in [0.2, 0.25) is 0 Å². The molecule has 1 amide bonds. The first-order valence-corrected chi connectivity index (χ1v) is 5.35. The van der Waals surface area contributed by atoms with Crippen molar-refractivity contribution in [1.82, 2.24) is 4.90 Å². The van der Waals surface area contributed by atoms with E-state index >= 15 is 0 Å². The van der Waals surface area contributed by atoms with Crippen molar-refractivity contribution in [2.45, 2.75) is 13.0 Å². The molecule has 92 valence electrons. The third kappa shape index (κ3) is 2.43. The minimum atomic E-state index is -0.523. The van der Waals surface area contributed by atoms with Crippen molar-refractivity contribution >= 4 is 5.91 Å². The first-order valence-electron chi connectivity index (χ1n) is 5.35. The van der Waals surface area contributed by atoms with E-state index in [0.717, 1.165) is 0 Å². The van der Waals surface area contributed by atoms with Gasteiger partial charge in [-0.15, -0.1) is 0 Å². The summed E-state index contributed by atoms with van der Waals surface area (Å²) in [7, 11) is 3.39. The van der Waals surface area contributed by atoms with Gasteiger partial charge in [-0.2, -0.15) is 0 Å². The molecule has 0 radical (unpaired) electrons. The zero-order valence-electron chi connectivity index (χ0n) is 10.1. The van der Waals surface area contributed by atoms with E-state index in [9.17, 15) is 4.79 Å². The predicted molar refractivity (Wildman–Crippen MR) is 61.3 cm³/mol. The van der Waals surface area contributed by atoms with E-state index in [1.165, 1.54) is 4.90 Å². The van der Waals surface area contributed by atoms with Gasteiger partial charge in [0.1, 0.15) is 5.75 Å². The first-order chi connectivity index (χ1) is 8.08. The Morgan fingerprint density at radius 2 is 2.06 bits per heavy atom. The van der Waals surface area contributed by atoms with E-state index in [0.29, 0.717) is 17.2 Å². The molecule has 1 aliphatic heterocycles. The normalized spacial score (nSPS) is 14.3. The summed E-state index contributed by atoms with van der Waals surface area (Å²) in [6.45, 7) is 1.94. The van der Waals surface area contributed by atoms with Crippen LogP contribution in [0.15, 0.2) is 18.2 Å². The van der Waals surface area contributed by atoms with Crippen molar-refractivity contribution < 1.29 is 19.0 Å². The number of nitrogens with zero attached hydrogens (tertiary/aromatic N) is 1. The lowest BCUT2D eigenvalue weighted by molar-refractivity contribution is -0.135. The van der Waals surface area contributed by atoms with Gasteiger partial charge in [0.2, 0.25) is 6.79 Å². The SMILES string of the molecule is CC(Oc1ccc2c(c1)OCO2)C(=O)N(C)C. The fraction of sp³-hybridized carbons (Fsp3) is 0.417. The van der Waals surface area contributed by atoms with E-state index in [2.05, 4.69) is 0 Å². The summed E-state index contributed by atoms with van der Waals surface area (Å²) < 4.78 is 16.0. The summed E-state index contributed by atoms with van der Waals surface area (Å²) in [6, 6.07) is 5.25. The summed E-state index contributed by atoms with van der Waals surface area (Å²) in [5, 5.41) is 0. The van der Waals surface area contributed by atoms with Crippen LogP contribution in [-0.2, 0) is 4.79 Å². The molecule has 1 unspecified atom stereocenters. The summed E-state index contributed by atoms with van der Waals surface area (Å²) >= 11 is 0. The maximum atomic E-state index is 11.6. The molecule has 0 fully saturated rings. The Balaban J connectivity index is 2.06. The third-order valence-corrected chi connectivity index (χ3v) is 2.45. The molecule has 0 saturated heterocycles.